The quantitative estimate of drug-likeness (QED) is 0.0819. The first-order chi connectivity index (χ1) is 21.2. The maximum absolute atomic E-state index is 12.0. The topological polar surface area (TPSA) is 162 Å². The van der Waals surface area contributed by atoms with Crippen molar-refractivity contribution in [3.05, 3.63) is 30.3 Å². The van der Waals surface area contributed by atoms with E-state index in [2.05, 4.69) is 0 Å². The van der Waals surface area contributed by atoms with Gasteiger partial charge in [0.15, 0.2) is 0 Å². The summed E-state index contributed by atoms with van der Waals surface area (Å²) in [5.74, 6) is 0. The molecule has 252 valence electrons. The van der Waals surface area contributed by atoms with Crippen LogP contribution in [0.2, 0.25) is 0 Å². The molecule has 0 fully saturated rings. The highest BCUT2D eigenvalue weighted by atomic mass is 32.2. The molecule has 0 aliphatic rings. The van der Waals surface area contributed by atoms with Crippen molar-refractivity contribution in [2.45, 2.75) is 4.90 Å². The molecular formula is C28H51NO13S. The normalized spacial score (nSPS) is 11.8. The van der Waals surface area contributed by atoms with Crippen molar-refractivity contribution in [3.8, 4) is 0 Å². The summed E-state index contributed by atoms with van der Waals surface area (Å²) in [7, 11) is -3.75. The second-order valence-electron chi connectivity index (χ2n) is 8.50. The van der Waals surface area contributed by atoms with Gasteiger partial charge in [-0.15, -0.1) is 0 Å². The molecule has 15 heteroatoms. The molecule has 0 aliphatic heterocycles. The molecule has 0 spiro atoms. The Hall–Kier alpha value is -1.31. The number of rotatable bonds is 34. The van der Waals surface area contributed by atoms with E-state index in [1.807, 2.05) is 0 Å². The highest BCUT2D eigenvalue weighted by Gasteiger charge is 2.13. The SMILES string of the molecule is NCCOCCOCCOCCOCCOCCOCCOCCOCCOCCOCCOS(=O)(=O)c1ccccc1. The van der Waals surface area contributed by atoms with E-state index in [9.17, 15) is 8.42 Å². The summed E-state index contributed by atoms with van der Waals surface area (Å²) in [6, 6.07) is 7.97. The Labute approximate surface area is 256 Å². The Bertz CT molecular complexity index is 805. The lowest BCUT2D eigenvalue weighted by molar-refractivity contribution is -0.0266. The van der Waals surface area contributed by atoms with E-state index in [1.165, 1.54) is 12.1 Å². The first-order valence-corrected chi connectivity index (χ1v) is 16.0. The predicted molar refractivity (Wildman–Crippen MR) is 157 cm³/mol. The van der Waals surface area contributed by atoms with Gasteiger partial charge in [0, 0.05) is 6.54 Å². The predicted octanol–water partition coefficient (Wildman–Crippen LogP) is 0.517. The third-order valence-corrected chi connectivity index (χ3v) is 6.43. The van der Waals surface area contributed by atoms with Crippen molar-refractivity contribution < 1.29 is 60.0 Å². The third kappa shape index (κ3) is 26.8. The van der Waals surface area contributed by atoms with Gasteiger partial charge >= 0.3 is 0 Å². The highest BCUT2D eigenvalue weighted by molar-refractivity contribution is 7.86. The zero-order valence-electron chi connectivity index (χ0n) is 25.2. The van der Waals surface area contributed by atoms with Crippen LogP contribution in [-0.4, -0.2) is 154 Å². The van der Waals surface area contributed by atoms with Crippen LogP contribution in [0.15, 0.2) is 35.2 Å². The second-order valence-corrected chi connectivity index (χ2v) is 10.1. The summed E-state index contributed by atoms with van der Waals surface area (Å²) in [5, 5.41) is 0. The lowest BCUT2D eigenvalue weighted by Gasteiger charge is -2.09. The second kappa shape index (κ2) is 30.7. The standard InChI is InChI=1S/C28H51NO13S/c29-6-7-32-8-9-33-10-11-34-12-13-35-14-15-36-16-17-37-18-19-38-20-21-39-22-23-40-24-25-41-26-27-42-43(30,31)28-4-2-1-3-5-28/h1-5H,6-27,29H2. The van der Waals surface area contributed by atoms with Gasteiger partial charge in [0.1, 0.15) is 0 Å². The zero-order chi connectivity index (χ0) is 30.9. The van der Waals surface area contributed by atoms with Crippen molar-refractivity contribution >= 4 is 10.1 Å². The molecule has 0 atom stereocenters. The number of nitrogens with two attached hydrogens (primary N) is 1. The minimum atomic E-state index is -3.75. The fraction of sp³-hybridized carbons (Fsp3) is 0.786. The van der Waals surface area contributed by atoms with Crippen LogP contribution in [-0.2, 0) is 61.7 Å². The molecule has 14 nitrogen and oxygen atoms in total. The van der Waals surface area contributed by atoms with Crippen molar-refractivity contribution in [1.29, 1.82) is 0 Å². The maximum atomic E-state index is 12.0. The summed E-state index contributed by atoms with van der Waals surface area (Å²) in [5.41, 5.74) is 5.32. The van der Waals surface area contributed by atoms with E-state index in [4.69, 9.17) is 57.3 Å². The highest BCUT2D eigenvalue weighted by Crippen LogP contribution is 2.10. The van der Waals surface area contributed by atoms with Crippen molar-refractivity contribution in [1.82, 2.24) is 0 Å². The molecular weight excluding hydrogens is 590 g/mol. The van der Waals surface area contributed by atoms with E-state index in [0.717, 1.165) is 0 Å². The van der Waals surface area contributed by atoms with Gasteiger partial charge < -0.3 is 53.1 Å². The van der Waals surface area contributed by atoms with Crippen molar-refractivity contribution in [3.63, 3.8) is 0 Å². The van der Waals surface area contributed by atoms with Gasteiger partial charge in [-0.25, -0.2) is 0 Å². The van der Waals surface area contributed by atoms with Gasteiger partial charge in [0.25, 0.3) is 10.1 Å². The molecule has 0 saturated heterocycles. The molecule has 0 bridgehead atoms. The van der Waals surface area contributed by atoms with E-state index < -0.39 is 10.1 Å². The van der Waals surface area contributed by atoms with Gasteiger partial charge in [-0.05, 0) is 12.1 Å². The molecule has 0 aromatic heterocycles. The molecule has 2 N–H and O–H groups in total. The van der Waals surface area contributed by atoms with Crippen molar-refractivity contribution in [2.75, 3.05) is 145 Å². The number of ether oxygens (including phenoxy) is 10. The molecule has 0 heterocycles. The summed E-state index contributed by atoms with van der Waals surface area (Å²) < 4.78 is 82.7. The van der Waals surface area contributed by atoms with E-state index in [1.54, 1.807) is 18.2 Å². The molecule has 0 amide bonds. The first-order valence-electron chi connectivity index (χ1n) is 14.6. The largest absolute Gasteiger partial charge is 0.378 e. The number of hydrogen-bond acceptors (Lipinski definition) is 14. The Morgan fingerprint density at radius 1 is 0.395 bits per heavy atom. The molecule has 0 aliphatic carbocycles. The van der Waals surface area contributed by atoms with Crippen LogP contribution >= 0.6 is 0 Å². The molecule has 0 saturated carbocycles. The van der Waals surface area contributed by atoms with E-state index in [-0.39, 0.29) is 18.1 Å². The first kappa shape index (κ1) is 39.7. The summed E-state index contributed by atoms with van der Waals surface area (Å²) >= 11 is 0. The summed E-state index contributed by atoms with van der Waals surface area (Å²) in [6.45, 7) is 9.72. The number of hydrogen-bond donors (Lipinski definition) is 1. The monoisotopic (exact) mass is 641 g/mol. The van der Waals surface area contributed by atoms with Crippen molar-refractivity contribution in [2.24, 2.45) is 5.73 Å². The Morgan fingerprint density at radius 2 is 0.651 bits per heavy atom. The fourth-order valence-corrected chi connectivity index (χ4v) is 3.94. The lowest BCUT2D eigenvalue weighted by Crippen LogP contribution is -2.16. The lowest BCUT2D eigenvalue weighted by atomic mass is 10.4. The van der Waals surface area contributed by atoms with Gasteiger partial charge in [-0.2, -0.15) is 8.42 Å². The van der Waals surface area contributed by atoms with Crippen LogP contribution in [0.1, 0.15) is 0 Å². The fourth-order valence-electron chi connectivity index (χ4n) is 3.02. The van der Waals surface area contributed by atoms with Gasteiger partial charge in [0.05, 0.1) is 144 Å². The minimum absolute atomic E-state index is 0.0578. The van der Waals surface area contributed by atoms with Gasteiger partial charge in [-0.1, -0.05) is 18.2 Å². The average Bonchev–Trinajstić information content (AvgIpc) is 3.02. The summed E-state index contributed by atoms with van der Waals surface area (Å²) in [4.78, 5) is 0.121. The Morgan fingerprint density at radius 3 is 0.930 bits per heavy atom. The molecule has 43 heavy (non-hydrogen) atoms. The molecule has 0 radical (unpaired) electrons. The molecule has 1 aromatic carbocycles. The summed E-state index contributed by atoms with van der Waals surface area (Å²) in [6.07, 6.45) is 0. The van der Waals surface area contributed by atoms with Gasteiger partial charge in [0.2, 0.25) is 0 Å². The minimum Gasteiger partial charge on any atom is -0.378 e. The van der Waals surface area contributed by atoms with Crippen LogP contribution in [0.3, 0.4) is 0 Å². The third-order valence-electron chi connectivity index (χ3n) is 5.11. The molecule has 0 unspecified atom stereocenters. The van der Waals surface area contributed by atoms with Crippen LogP contribution in [0.5, 0.6) is 0 Å². The smallest absolute Gasteiger partial charge is 0.297 e. The molecule has 1 rings (SSSR count). The number of benzene rings is 1. The maximum Gasteiger partial charge on any atom is 0.297 e. The van der Waals surface area contributed by atoms with Crippen LogP contribution in [0.4, 0.5) is 0 Å². The van der Waals surface area contributed by atoms with Crippen LogP contribution in [0, 0.1) is 0 Å². The Kier molecular flexibility index (Phi) is 28.4. The van der Waals surface area contributed by atoms with Crippen LogP contribution < -0.4 is 5.73 Å². The Balaban J connectivity index is 1.67. The molecule has 1 aromatic rings. The average molecular weight is 642 g/mol. The zero-order valence-corrected chi connectivity index (χ0v) is 26.1. The van der Waals surface area contributed by atoms with E-state index in [0.29, 0.717) is 132 Å². The van der Waals surface area contributed by atoms with Gasteiger partial charge in [-0.3, -0.25) is 4.18 Å². The van der Waals surface area contributed by atoms with Crippen LogP contribution in [0.25, 0.3) is 0 Å². The van der Waals surface area contributed by atoms with E-state index >= 15 is 0 Å².